The van der Waals surface area contributed by atoms with E-state index < -0.39 is 0 Å². The minimum atomic E-state index is 0.131. The van der Waals surface area contributed by atoms with Crippen LogP contribution in [0.3, 0.4) is 0 Å². The number of fused-ring (bicyclic) bond motifs is 1. The number of carbonyl (C=O) groups is 1. The molecule has 6 heteroatoms. The smallest absolute Gasteiger partial charge is 0.227 e. The average molecular weight is 302 g/mol. The molecule has 2 fully saturated rings. The number of aromatic nitrogens is 2. The van der Waals surface area contributed by atoms with Crippen molar-refractivity contribution in [1.29, 1.82) is 0 Å². The Kier molecular flexibility index (Phi) is 3.25. The minimum Gasteiger partial charge on any atom is -0.355 e. The van der Waals surface area contributed by atoms with Crippen molar-refractivity contribution in [2.75, 3.05) is 31.1 Å². The summed E-state index contributed by atoms with van der Waals surface area (Å²) in [6, 6.07) is 2.07. The zero-order valence-electron chi connectivity index (χ0n) is 11.9. The molecule has 0 aliphatic carbocycles. The molecule has 4 rings (SSSR count). The normalized spacial score (nSPS) is 22.4. The lowest BCUT2D eigenvalue weighted by Gasteiger charge is -2.21. The van der Waals surface area contributed by atoms with E-state index in [0.717, 1.165) is 61.5 Å². The Labute approximate surface area is 127 Å². The molecule has 0 spiro atoms. The first kappa shape index (κ1) is 13.0. The van der Waals surface area contributed by atoms with Gasteiger partial charge in [-0.25, -0.2) is 9.97 Å². The van der Waals surface area contributed by atoms with Crippen molar-refractivity contribution in [2.24, 2.45) is 5.92 Å². The van der Waals surface area contributed by atoms with Gasteiger partial charge in [-0.1, -0.05) is 0 Å². The van der Waals surface area contributed by atoms with Gasteiger partial charge in [0.25, 0.3) is 0 Å². The molecule has 110 valence electrons. The summed E-state index contributed by atoms with van der Waals surface area (Å²) in [5.41, 5.74) is 0. The molecule has 2 aromatic rings. The van der Waals surface area contributed by atoms with Crippen LogP contribution in [-0.2, 0) is 4.79 Å². The number of rotatable bonds is 2. The number of thiophene rings is 1. The highest BCUT2D eigenvalue weighted by molar-refractivity contribution is 7.16. The highest BCUT2D eigenvalue weighted by atomic mass is 32.1. The highest BCUT2D eigenvalue weighted by Gasteiger charge is 2.33. The van der Waals surface area contributed by atoms with Gasteiger partial charge in [0, 0.05) is 26.2 Å². The van der Waals surface area contributed by atoms with Gasteiger partial charge >= 0.3 is 0 Å². The summed E-state index contributed by atoms with van der Waals surface area (Å²) in [5, 5.41) is 3.16. The number of likely N-dealkylation sites (tertiary alicyclic amines) is 1. The van der Waals surface area contributed by atoms with E-state index in [1.165, 1.54) is 0 Å². The van der Waals surface area contributed by atoms with Gasteiger partial charge in [-0.2, -0.15) is 0 Å². The maximum Gasteiger partial charge on any atom is 0.227 e. The number of carbonyl (C=O) groups excluding carboxylic acids is 1. The van der Waals surface area contributed by atoms with Gasteiger partial charge in [0.15, 0.2) is 0 Å². The standard InChI is InChI=1S/C15H18N4OS/c20-15(18-5-1-2-6-18)11-3-7-19(9-11)13-12-4-8-21-14(12)17-10-16-13/h4,8,10-11H,1-3,5-7,9H2. The van der Waals surface area contributed by atoms with Crippen molar-refractivity contribution in [2.45, 2.75) is 19.3 Å². The maximum absolute atomic E-state index is 12.5. The fourth-order valence-corrected chi connectivity index (χ4v) is 4.11. The zero-order chi connectivity index (χ0) is 14.2. The minimum absolute atomic E-state index is 0.131. The van der Waals surface area contributed by atoms with E-state index in [9.17, 15) is 4.79 Å². The molecule has 0 N–H and O–H groups in total. The third-order valence-electron chi connectivity index (χ3n) is 4.50. The Hall–Kier alpha value is -1.69. The SMILES string of the molecule is O=C(C1CCN(c2ncnc3sccc23)C1)N1CCCC1. The second-order valence-corrected chi connectivity index (χ2v) is 6.70. The fourth-order valence-electron chi connectivity index (χ4n) is 3.38. The fraction of sp³-hybridized carbons (Fsp3) is 0.533. The molecule has 5 nitrogen and oxygen atoms in total. The molecule has 2 aromatic heterocycles. The van der Waals surface area contributed by atoms with Crippen LogP contribution >= 0.6 is 11.3 Å². The van der Waals surface area contributed by atoms with Crippen molar-refractivity contribution in [3.05, 3.63) is 17.8 Å². The van der Waals surface area contributed by atoms with E-state index in [0.29, 0.717) is 5.91 Å². The number of hydrogen-bond donors (Lipinski definition) is 0. The molecule has 1 atom stereocenters. The zero-order valence-corrected chi connectivity index (χ0v) is 12.7. The summed E-state index contributed by atoms with van der Waals surface area (Å²) >= 11 is 1.63. The van der Waals surface area contributed by atoms with Crippen LogP contribution in [0.15, 0.2) is 17.8 Å². The molecular weight excluding hydrogens is 284 g/mol. The number of hydrogen-bond acceptors (Lipinski definition) is 5. The van der Waals surface area contributed by atoms with Gasteiger partial charge in [0.1, 0.15) is 17.0 Å². The predicted molar refractivity (Wildman–Crippen MR) is 83.5 cm³/mol. The maximum atomic E-state index is 12.5. The lowest BCUT2D eigenvalue weighted by atomic mass is 10.1. The van der Waals surface area contributed by atoms with Crippen LogP contribution in [0.25, 0.3) is 10.2 Å². The van der Waals surface area contributed by atoms with Gasteiger partial charge in [0.2, 0.25) is 5.91 Å². The molecule has 1 unspecified atom stereocenters. The van der Waals surface area contributed by atoms with Gasteiger partial charge in [-0.05, 0) is 30.7 Å². The summed E-state index contributed by atoms with van der Waals surface area (Å²) in [7, 11) is 0. The molecule has 0 radical (unpaired) electrons. The van der Waals surface area contributed by atoms with E-state index in [-0.39, 0.29) is 5.92 Å². The van der Waals surface area contributed by atoms with Gasteiger partial charge < -0.3 is 9.80 Å². The first-order valence-electron chi connectivity index (χ1n) is 7.55. The average Bonchev–Trinajstić information content (AvgIpc) is 3.25. The van der Waals surface area contributed by atoms with Crippen molar-refractivity contribution < 1.29 is 4.79 Å². The van der Waals surface area contributed by atoms with Crippen LogP contribution in [0.2, 0.25) is 0 Å². The third-order valence-corrected chi connectivity index (χ3v) is 5.32. The molecule has 4 heterocycles. The van der Waals surface area contributed by atoms with Crippen LogP contribution < -0.4 is 4.90 Å². The summed E-state index contributed by atoms with van der Waals surface area (Å²) in [4.78, 5) is 26.6. The predicted octanol–water partition coefficient (Wildman–Crippen LogP) is 2.14. The van der Waals surface area contributed by atoms with Crippen molar-refractivity contribution in [3.8, 4) is 0 Å². The summed E-state index contributed by atoms with van der Waals surface area (Å²) in [6.07, 6.45) is 4.88. The second-order valence-electron chi connectivity index (χ2n) is 5.80. The van der Waals surface area contributed by atoms with Gasteiger partial charge in [-0.3, -0.25) is 4.79 Å². The van der Waals surface area contributed by atoms with Crippen molar-refractivity contribution in [1.82, 2.24) is 14.9 Å². The van der Waals surface area contributed by atoms with Gasteiger partial charge in [0.05, 0.1) is 11.3 Å². The number of amides is 1. The Morgan fingerprint density at radius 2 is 2.10 bits per heavy atom. The van der Waals surface area contributed by atoms with Crippen LogP contribution in [0.4, 0.5) is 5.82 Å². The first-order chi connectivity index (χ1) is 10.3. The van der Waals surface area contributed by atoms with E-state index >= 15 is 0 Å². The topological polar surface area (TPSA) is 49.3 Å². The van der Waals surface area contributed by atoms with Crippen LogP contribution in [0, 0.1) is 5.92 Å². The second kappa shape index (κ2) is 5.26. The molecular formula is C15H18N4OS. The lowest BCUT2D eigenvalue weighted by Crippen LogP contribution is -2.35. The molecule has 0 aromatic carbocycles. The van der Waals surface area contributed by atoms with E-state index in [1.54, 1.807) is 17.7 Å². The Morgan fingerprint density at radius 1 is 1.24 bits per heavy atom. The van der Waals surface area contributed by atoms with Crippen LogP contribution in [-0.4, -0.2) is 47.0 Å². The highest BCUT2D eigenvalue weighted by Crippen LogP contribution is 2.31. The largest absolute Gasteiger partial charge is 0.355 e. The quantitative estimate of drug-likeness (QED) is 0.853. The third kappa shape index (κ3) is 2.27. The molecule has 2 aliphatic heterocycles. The molecule has 1 amide bonds. The van der Waals surface area contributed by atoms with Crippen molar-refractivity contribution in [3.63, 3.8) is 0 Å². The Bertz CT molecular complexity index is 664. The van der Waals surface area contributed by atoms with Gasteiger partial charge in [-0.15, -0.1) is 11.3 Å². The summed E-state index contributed by atoms with van der Waals surface area (Å²) in [5.74, 6) is 1.45. The monoisotopic (exact) mass is 302 g/mol. The lowest BCUT2D eigenvalue weighted by molar-refractivity contribution is -0.133. The van der Waals surface area contributed by atoms with Crippen LogP contribution in [0.1, 0.15) is 19.3 Å². The number of nitrogens with zero attached hydrogens (tertiary/aromatic N) is 4. The van der Waals surface area contributed by atoms with E-state index in [4.69, 9.17) is 0 Å². The molecule has 21 heavy (non-hydrogen) atoms. The molecule has 2 aliphatic rings. The molecule has 2 saturated heterocycles. The number of anilines is 1. The Balaban J connectivity index is 1.53. The Morgan fingerprint density at radius 3 is 2.95 bits per heavy atom. The van der Waals surface area contributed by atoms with Crippen LogP contribution in [0.5, 0.6) is 0 Å². The first-order valence-corrected chi connectivity index (χ1v) is 8.43. The summed E-state index contributed by atoms with van der Waals surface area (Å²) < 4.78 is 0. The molecule has 0 saturated carbocycles. The van der Waals surface area contributed by atoms with Crippen molar-refractivity contribution >= 4 is 33.3 Å². The van der Waals surface area contributed by atoms with E-state index in [1.807, 2.05) is 10.3 Å². The summed E-state index contributed by atoms with van der Waals surface area (Å²) in [6.45, 7) is 3.58. The van der Waals surface area contributed by atoms with E-state index in [2.05, 4.69) is 20.9 Å². The molecule has 0 bridgehead atoms.